The van der Waals surface area contributed by atoms with E-state index in [-0.39, 0.29) is 36.3 Å². The third kappa shape index (κ3) is 4.50. The van der Waals surface area contributed by atoms with E-state index >= 15 is 4.39 Å². The summed E-state index contributed by atoms with van der Waals surface area (Å²) in [6.07, 6.45) is -4.27. The molecule has 38 heavy (non-hydrogen) atoms. The number of halogens is 4. The predicted molar refractivity (Wildman–Crippen MR) is 131 cm³/mol. The molecule has 5 rings (SSSR count). The maximum atomic E-state index is 15.0. The zero-order chi connectivity index (χ0) is 27.2. The van der Waals surface area contributed by atoms with Crippen LogP contribution in [0.15, 0.2) is 59.9 Å². The molecule has 0 bridgehead atoms. The summed E-state index contributed by atoms with van der Waals surface area (Å²) in [6.45, 7) is 5.24. The zero-order valence-corrected chi connectivity index (χ0v) is 20.3. The third-order valence-electron chi connectivity index (χ3n) is 6.78. The fourth-order valence-corrected chi connectivity index (χ4v) is 5.07. The smallest absolute Gasteiger partial charge is 0.374 e. The Morgan fingerprint density at radius 2 is 1.95 bits per heavy atom. The van der Waals surface area contributed by atoms with Crippen LogP contribution in [0.1, 0.15) is 60.1 Å². The Morgan fingerprint density at radius 3 is 2.66 bits per heavy atom. The minimum atomic E-state index is -4.70. The summed E-state index contributed by atoms with van der Waals surface area (Å²) in [4.78, 5) is 13.6. The number of aromatic amines is 1. The summed E-state index contributed by atoms with van der Waals surface area (Å²) >= 11 is 0. The highest BCUT2D eigenvalue weighted by atomic mass is 19.4. The third-order valence-corrected chi connectivity index (χ3v) is 6.78. The number of aromatic nitrogens is 5. The van der Waals surface area contributed by atoms with Crippen LogP contribution < -0.4 is 5.56 Å². The maximum absolute atomic E-state index is 15.0. The second kappa shape index (κ2) is 9.76. The molecular formula is C26H24F4N6O2. The minimum absolute atomic E-state index is 0.0103. The number of hydrogen-bond donors (Lipinski definition) is 2. The van der Waals surface area contributed by atoms with Crippen LogP contribution >= 0.6 is 0 Å². The van der Waals surface area contributed by atoms with Crippen molar-refractivity contribution in [1.29, 1.82) is 0 Å². The highest BCUT2D eigenvalue weighted by Crippen LogP contribution is 2.41. The van der Waals surface area contributed by atoms with Gasteiger partial charge in [0.15, 0.2) is 5.82 Å². The van der Waals surface area contributed by atoms with Crippen LogP contribution in [0.25, 0.3) is 10.8 Å². The average molecular weight is 529 g/mol. The van der Waals surface area contributed by atoms with Crippen molar-refractivity contribution in [2.45, 2.75) is 44.3 Å². The van der Waals surface area contributed by atoms with Crippen LogP contribution in [0, 0.1) is 5.82 Å². The first-order chi connectivity index (χ1) is 18.1. The standard InChI is InChI=1S/C26H24F4N6O2/c1-3-6-21-22-32-34-25(26(28,29)30)36(22)14(2)13-35(21)24(38)18-11-15(9-10-19(18)27)12-20-16-7-4-5-8-17(16)23(37)33-31-20/h3-5,7-11,14,21,24,38H,1,6,12-13H2,2H3,(H,33,37). The lowest BCUT2D eigenvalue weighted by Crippen LogP contribution is -2.43. The number of nitrogens with zero attached hydrogens (tertiary/aromatic N) is 5. The quantitative estimate of drug-likeness (QED) is 0.284. The van der Waals surface area contributed by atoms with E-state index in [9.17, 15) is 23.1 Å². The second-order valence-electron chi connectivity index (χ2n) is 9.29. The van der Waals surface area contributed by atoms with Crippen molar-refractivity contribution in [2.24, 2.45) is 0 Å². The van der Waals surface area contributed by atoms with Crippen LogP contribution in [-0.4, -0.2) is 41.5 Å². The van der Waals surface area contributed by atoms with Gasteiger partial charge in [0.1, 0.15) is 12.0 Å². The molecule has 0 radical (unpaired) electrons. The van der Waals surface area contributed by atoms with E-state index in [4.69, 9.17) is 0 Å². The van der Waals surface area contributed by atoms with Gasteiger partial charge in [-0.3, -0.25) is 9.69 Å². The summed E-state index contributed by atoms with van der Waals surface area (Å²) < 4.78 is 56.7. The predicted octanol–water partition coefficient (Wildman–Crippen LogP) is 4.45. The van der Waals surface area contributed by atoms with E-state index < -0.39 is 36.1 Å². The summed E-state index contributed by atoms with van der Waals surface area (Å²) in [6, 6.07) is 9.70. The van der Waals surface area contributed by atoms with Gasteiger partial charge in [0.25, 0.3) is 5.56 Å². The number of rotatable bonds is 6. The SMILES string of the molecule is C=CCC1c2nnc(C(F)(F)F)n2C(C)CN1C(O)c1cc(Cc2n[nH]c(=O)c3ccccc23)ccc1F. The van der Waals surface area contributed by atoms with E-state index in [0.29, 0.717) is 22.0 Å². The number of alkyl halides is 3. The first kappa shape index (κ1) is 25.7. The lowest BCUT2D eigenvalue weighted by atomic mass is 9.99. The van der Waals surface area contributed by atoms with Gasteiger partial charge < -0.3 is 9.67 Å². The molecule has 8 nitrogen and oxygen atoms in total. The Morgan fingerprint density at radius 1 is 1.21 bits per heavy atom. The van der Waals surface area contributed by atoms with Crippen molar-refractivity contribution in [3.63, 3.8) is 0 Å². The minimum Gasteiger partial charge on any atom is -0.374 e. The molecule has 4 aromatic rings. The molecule has 12 heteroatoms. The summed E-state index contributed by atoms with van der Waals surface area (Å²) in [7, 11) is 0. The molecule has 1 aliphatic heterocycles. The van der Waals surface area contributed by atoms with E-state index in [1.54, 1.807) is 37.3 Å². The van der Waals surface area contributed by atoms with Gasteiger partial charge >= 0.3 is 6.18 Å². The van der Waals surface area contributed by atoms with Crippen molar-refractivity contribution in [3.8, 4) is 0 Å². The first-order valence-electron chi connectivity index (χ1n) is 11.9. The Labute approximate surface area is 214 Å². The van der Waals surface area contributed by atoms with Crippen molar-refractivity contribution < 1.29 is 22.7 Å². The van der Waals surface area contributed by atoms with E-state index in [2.05, 4.69) is 27.0 Å². The number of aliphatic hydroxyl groups excluding tert-OH is 1. The van der Waals surface area contributed by atoms with Gasteiger partial charge in [-0.15, -0.1) is 16.8 Å². The lowest BCUT2D eigenvalue weighted by molar-refractivity contribution is -0.149. The van der Waals surface area contributed by atoms with Crippen LogP contribution in [-0.2, 0) is 12.6 Å². The van der Waals surface area contributed by atoms with Gasteiger partial charge in [-0.25, -0.2) is 9.49 Å². The van der Waals surface area contributed by atoms with Crippen molar-refractivity contribution in [3.05, 3.63) is 99.8 Å². The zero-order valence-electron chi connectivity index (χ0n) is 20.3. The molecule has 0 saturated carbocycles. The van der Waals surface area contributed by atoms with Crippen LogP contribution in [0.2, 0.25) is 0 Å². The van der Waals surface area contributed by atoms with Gasteiger partial charge in [-0.05, 0) is 37.1 Å². The van der Waals surface area contributed by atoms with E-state index in [1.807, 2.05) is 0 Å². The molecule has 2 aromatic heterocycles. The highest BCUT2D eigenvalue weighted by molar-refractivity contribution is 5.83. The number of benzene rings is 2. The Kier molecular flexibility index (Phi) is 6.61. The second-order valence-corrected chi connectivity index (χ2v) is 9.29. The normalized spacial score (nSPS) is 18.9. The van der Waals surface area contributed by atoms with Crippen LogP contribution in [0.4, 0.5) is 17.6 Å². The average Bonchev–Trinajstić information content (AvgIpc) is 3.35. The molecule has 0 spiro atoms. The largest absolute Gasteiger partial charge is 0.451 e. The lowest BCUT2D eigenvalue weighted by Gasteiger charge is -2.41. The van der Waals surface area contributed by atoms with E-state index in [0.717, 1.165) is 4.57 Å². The Balaban J connectivity index is 1.50. The number of aliphatic hydroxyl groups is 1. The fraction of sp³-hybridized carbons (Fsp3) is 0.308. The van der Waals surface area contributed by atoms with Crippen molar-refractivity contribution in [1.82, 2.24) is 29.9 Å². The molecule has 3 heterocycles. The molecule has 0 amide bonds. The first-order valence-corrected chi connectivity index (χ1v) is 11.9. The van der Waals surface area contributed by atoms with Gasteiger partial charge in [0.2, 0.25) is 5.82 Å². The molecule has 0 saturated heterocycles. The highest BCUT2D eigenvalue weighted by Gasteiger charge is 2.45. The summed E-state index contributed by atoms with van der Waals surface area (Å²) in [5.74, 6) is -1.76. The topological polar surface area (TPSA) is 99.9 Å². The summed E-state index contributed by atoms with van der Waals surface area (Å²) in [5, 5.41) is 26.2. The number of fused-ring (bicyclic) bond motifs is 2. The monoisotopic (exact) mass is 528 g/mol. The van der Waals surface area contributed by atoms with Gasteiger partial charge in [-0.2, -0.15) is 18.3 Å². The molecule has 1 aliphatic rings. The maximum Gasteiger partial charge on any atom is 0.451 e. The van der Waals surface area contributed by atoms with Gasteiger partial charge in [0, 0.05) is 30.0 Å². The molecular weight excluding hydrogens is 504 g/mol. The summed E-state index contributed by atoms with van der Waals surface area (Å²) in [5.41, 5.74) is 0.823. The van der Waals surface area contributed by atoms with Crippen LogP contribution in [0.5, 0.6) is 0 Å². The molecule has 2 N–H and O–H groups in total. The van der Waals surface area contributed by atoms with E-state index in [1.165, 1.54) is 23.1 Å². The molecule has 3 unspecified atom stereocenters. The number of nitrogens with one attached hydrogen (secondary N) is 1. The molecule has 2 aromatic carbocycles. The number of hydrogen-bond acceptors (Lipinski definition) is 6. The fourth-order valence-electron chi connectivity index (χ4n) is 5.07. The van der Waals surface area contributed by atoms with Gasteiger partial charge in [-0.1, -0.05) is 30.3 Å². The molecule has 0 aliphatic carbocycles. The number of H-pyrrole nitrogens is 1. The van der Waals surface area contributed by atoms with Crippen LogP contribution in [0.3, 0.4) is 0 Å². The Bertz CT molecular complexity index is 1560. The molecule has 198 valence electrons. The van der Waals surface area contributed by atoms with Crippen molar-refractivity contribution >= 4 is 10.8 Å². The van der Waals surface area contributed by atoms with Gasteiger partial charge in [0.05, 0.1) is 17.1 Å². The molecule has 3 atom stereocenters. The Hall–Kier alpha value is -3.90. The van der Waals surface area contributed by atoms with Crippen molar-refractivity contribution in [2.75, 3.05) is 6.54 Å². The molecule has 0 fully saturated rings.